The minimum atomic E-state index is -0.00391. The van der Waals surface area contributed by atoms with Crippen LogP contribution in [-0.2, 0) is 16.1 Å². The minimum absolute atomic E-state index is 0.00391. The van der Waals surface area contributed by atoms with Crippen molar-refractivity contribution in [3.8, 4) is 5.75 Å². The third-order valence-electron chi connectivity index (χ3n) is 6.79. The summed E-state index contributed by atoms with van der Waals surface area (Å²) in [6, 6.07) is 18.8. The number of carbonyl (C=O) groups excluding carboxylic acids is 1. The number of hydrogen-bond donors (Lipinski definition) is 0. The van der Waals surface area contributed by atoms with Crippen molar-refractivity contribution in [1.29, 1.82) is 0 Å². The van der Waals surface area contributed by atoms with Crippen molar-refractivity contribution in [3.05, 3.63) is 60.2 Å². The number of piperidine rings is 1. The fourth-order valence-corrected chi connectivity index (χ4v) is 5.05. The van der Waals surface area contributed by atoms with Gasteiger partial charge in [0.15, 0.2) is 0 Å². The van der Waals surface area contributed by atoms with Crippen LogP contribution in [0.15, 0.2) is 54.6 Å². The molecule has 0 aliphatic carbocycles. The van der Waals surface area contributed by atoms with E-state index in [4.69, 9.17) is 9.47 Å². The first kappa shape index (κ1) is 22.6. The van der Waals surface area contributed by atoms with E-state index >= 15 is 0 Å². The van der Waals surface area contributed by atoms with Crippen molar-refractivity contribution >= 4 is 11.6 Å². The lowest BCUT2D eigenvalue weighted by molar-refractivity contribution is -0.141. The topological polar surface area (TPSA) is 45.3 Å². The molecule has 2 aliphatic heterocycles. The van der Waals surface area contributed by atoms with Crippen LogP contribution in [0.2, 0.25) is 0 Å². The lowest BCUT2D eigenvalue weighted by Crippen LogP contribution is -2.56. The Kier molecular flexibility index (Phi) is 7.66. The second-order valence-corrected chi connectivity index (χ2v) is 8.74. The summed E-state index contributed by atoms with van der Waals surface area (Å²) in [4.78, 5) is 20.4. The Bertz CT molecular complexity index is 868. The Morgan fingerprint density at radius 2 is 1.75 bits per heavy atom. The summed E-state index contributed by atoms with van der Waals surface area (Å²) in [6.07, 6.45) is 1.99. The Morgan fingerprint density at radius 3 is 2.47 bits per heavy atom. The molecule has 2 aliphatic rings. The van der Waals surface area contributed by atoms with Gasteiger partial charge in [-0.3, -0.25) is 9.69 Å². The first-order chi connectivity index (χ1) is 15.7. The molecular formula is C26H35N3O3. The lowest BCUT2D eigenvalue weighted by atomic mass is 9.87. The van der Waals surface area contributed by atoms with Crippen molar-refractivity contribution in [2.75, 3.05) is 58.5 Å². The minimum Gasteiger partial charge on any atom is -0.497 e. The molecule has 2 heterocycles. The van der Waals surface area contributed by atoms with Gasteiger partial charge >= 0.3 is 0 Å². The second-order valence-electron chi connectivity index (χ2n) is 8.74. The summed E-state index contributed by atoms with van der Waals surface area (Å²) in [5.41, 5.74) is 2.44. The van der Waals surface area contributed by atoms with E-state index in [-0.39, 0.29) is 17.9 Å². The van der Waals surface area contributed by atoms with Crippen LogP contribution in [0.4, 0.5) is 5.69 Å². The van der Waals surface area contributed by atoms with Gasteiger partial charge in [0.05, 0.1) is 19.6 Å². The van der Waals surface area contributed by atoms with Crippen molar-refractivity contribution in [2.24, 2.45) is 5.92 Å². The molecule has 6 nitrogen and oxygen atoms in total. The number of amides is 1. The molecule has 172 valence electrons. The van der Waals surface area contributed by atoms with Crippen LogP contribution >= 0.6 is 0 Å². The Balaban J connectivity index is 1.40. The molecule has 1 amide bonds. The van der Waals surface area contributed by atoms with E-state index in [9.17, 15) is 4.79 Å². The van der Waals surface area contributed by atoms with Crippen LogP contribution < -0.4 is 9.64 Å². The quantitative estimate of drug-likeness (QED) is 0.665. The molecule has 0 unspecified atom stereocenters. The van der Waals surface area contributed by atoms with E-state index in [0.29, 0.717) is 6.61 Å². The maximum Gasteiger partial charge on any atom is 0.227 e. The van der Waals surface area contributed by atoms with Gasteiger partial charge in [0.25, 0.3) is 0 Å². The van der Waals surface area contributed by atoms with Crippen molar-refractivity contribution in [1.82, 2.24) is 9.80 Å². The predicted octanol–water partition coefficient (Wildman–Crippen LogP) is 3.27. The first-order valence-electron chi connectivity index (χ1n) is 11.6. The largest absolute Gasteiger partial charge is 0.497 e. The number of nitrogens with zero attached hydrogens (tertiary/aromatic N) is 3. The molecule has 2 aromatic carbocycles. The Hall–Kier alpha value is -2.57. The monoisotopic (exact) mass is 437 g/mol. The highest BCUT2D eigenvalue weighted by molar-refractivity contribution is 5.80. The number of carbonyl (C=O) groups is 1. The average Bonchev–Trinajstić information content (AvgIpc) is 2.85. The van der Waals surface area contributed by atoms with Crippen molar-refractivity contribution in [2.45, 2.75) is 25.4 Å². The van der Waals surface area contributed by atoms with Gasteiger partial charge in [-0.05, 0) is 37.1 Å². The molecule has 2 fully saturated rings. The van der Waals surface area contributed by atoms with Crippen LogP contribution in [0, 0.1) is 5.92 Å². The summed E-state index contributed by atoms with van der Waals surface area (Å²) in [5, 5.41) is 0. The lowest BCUT2D eigenvalue weighted by Gasteiger charge is -2.44. The summed E-state index contributed by atoms with van der Waals surface area (Å²) < 4.78 is 10.9. The van der Waals surface area contributed by atoms with Crippen LogP contribution in [0.5, 0.6) is 5.75 Å². The van der Waals surface area contributed by atoms with Gasteiger partial charge in [-0.2, -0.15) is 0 Å². The molecule has 2 saturated heterocycles. The van der Waals surface area contributed by atoms with Gasteiger partial charge < -0.3 is 19.3 Å². The Labute approximate surface area is 191 Å². The smallest absolute Gasteiger partial charge is 0.227 e. The normalized spacial score (nSPS) is 22.1. The van der Waals surface area contributed by atoms with Crippen LogP contribution in [0.25, 0.3) is 0 Å². The molecule has 0 bridgehead atoms. The van der Waals surface area contributed by atoms with E-state index in [1.807, 2.05) is 18.2 Å². The zero-order valence-corrected chi connectivity index (χ0v) is 19.3. The number of hydrogen-bond acceptors (Lipinski definition) is 5. The van der Waals surface area contributed by atoms with Gasteiger partial charge in [-0.1, -0.05) is 36.4 Å². The van der Waals surface area contributed by atoms with E-state index in [0.717, 1.165) is 63.5 Å². The standard InChI is InChI=1S/C26H35N3O3/c1-31-20-25-24(12-7-13-29(25)19-21-8-4-3-5-9-21)26(30)28-16-14-27(15-17-28)22-10-6-11-23(18-22)32-2/h3-6,8-11,18,24-25H,7,12-17,19-20H2,1-2H3/t24-,25-/m1/s1. The van der Waals surface area contributed by atoms with E-state index in [1.165, 1.54) is 5.56 Å². The molecule has 2 aromatic rings. The summed E-state index contributed by atoms with van der Waals surface area (Å²) in [7, 11) is 3.43. The van der Waals surface area contributed by atoms with Crippen LogP contribution in [-0.4, -0.2) is 75.3 Å². The highest BCUT2D eigenvalue weighted by atomic mass is 16.5. The van der Waals surface area contributed by atoms with Crippen LogP contribution in [0.3, 0.4) is 0 Å². The zero-order valence-electron chi connectivity index (χ0n) is 19.3. The number of ether oxygens (including phenoxy) is 2. The summed E-state index contributed by atoms with van der Waals surface area (Å²) in [6.45, 7) is 5.66. The van der Waals surface area contributed by atoms with Crippen molar-refractivity contribution < 1.29 is 14.3 Å². The summed E-state index contributed by atoms with van der Waals surface area (Å²) in [5.74, 6) is 1.15. The average molecular weight is 438 g/mol. The number of likely N-dealkylation sites (tertiary alicyclic amines) is 1. The molecule has 4 rings (SSSR count). The first-order valence-corrected chi connectivity index (χ1v) is 11.6. The SMILES string of the molecule is COC[C@@H]1[C@H](C(=O)N2CCN(c3cccc(OC)c3)CC2)CCCN1Cc1ccccc1. The fourth-order valence-electron chi connectivity index (χ4n) is 5.05. The van der Waals surface area contributed by atoms with E-state index < -0.39 is 0 Å². The number of piperazine rings is 1. The van der Waals surface area contributed by atoms with E-state index in [2.05, 4.69) is 51.1 Å². The maximum absolute atomic E-state index is 13.6. The molecule has 6 heteroatoms. The second kappa shape index (κ2) is 10.8. The molecule has 0 saturated carbocycles. The molecular weight excluding hydrogens is 402 g/mol. The number of rotatable bonds is 7. The number of anilines is 1. The van der Waals surface area contributed by atoms with Gasteiger partial charge in [0.2, 0.25) is 5.91 Å². The number of methoxy groups -OCH3 is 2. The third kappa shape index (κ3) is 5.25. The molecule has 0 aromatic heterocycles. The van der Waals surface area contributed by atoms with Gasteiger partial charge in [-0.15, -0.1) is 0 Å². The highest BCUT2D eigenvalue weighted by Crippen LogP contribution is 2.29. The van der Waals surface area contributed by atoms with Gasteiger partial charge in [0, 0.05) is 57.6 Å². The molecule has 2 atom stereocenters. The number of benzene rings is 2. The van der Waals surface area contributed by atoms with E-state index in [1.54, 1.807) is 14.2 Å². The highest BCUT2D eigenvalue weighted by Gasteiger charge is 2.38. The van der Waals surface area contributed by atoms with Gasteiger partial charge in [-0.25, -0.2) is 0 Å². The molecule has 0 spiro atoms. The third-order valence-corrected chi connectivity index (χ3v) is 6.79. The Morgan fingerprint density at radius 1 is 0.969 bits per heavy atom. The molecule has 32 heavy (non-hydrogen) atoms. The predicted molar refractivity (Wildman–Crippen MR) is 127 cm³/mol. The van der Waals surface area contributed by atoms with Crippen molar-refractivity contribution in [3.63, 3.8) is 0 Å². The molecule has 0 N–H and O–H groups in total. The van der Waals surface area contributed by atoms with Gasteiger partial charge in [0.1, 0.15) is 5.75 Å². The van der Waals surface area contributed by atoms with Crippen LogP contribution in [0.1, 0.15) is 18.4 Å². The zero-order chi connectivity index (χ0) is 22.3. The maximum atomic E-state index is 13.6. The molecule has 0 radical (unpaired) electrons. The summed E-state index contributed by atoms with van der Waals surface area (Å²) >= 11 is 0. The fraction of sp³-hybridized carbons (Fsp3) is 0.500.